The summed E-state index contributed by atoms with van der Waals surface area (Å²) in [4.78, 5) is 55.5. The number of aromatic nitrogens is 4. The van der Waals surface area contributed by atoms with E-state index in [0.29, 0.717) is 67.0 Å². The van der Waals surface area contributed by atoms with Crippen molar-refractivity contribution in [3.63, 3.8) is 0 Å². The van der Waals surface area contributed by atoms with Crippen LogP contribution in [0.5, 0.6) is 0 Å². The fraction of sp³-hybridized carbons (Fsp3) is 0.349. The highest BCUT2D eigenvalue weighted by Gasteiger charge is 2.45. The fourth-order valence-electron chi connectivity index (χ4n) is 11.3. The topological polar surface area (TPSA) is 355 Å². The summed E-state index contributed by atoms with van der Waals surface area (Å²) in [5, 5.41) is 16.1. The number of ether oxygens (including phenoxy) is 1. The monoisotopic (exact) mass is 1290 g/mol. The van der Waals surface area contributed by atoms with Crippen molar-refractivity contribution < 1.29 is 62.9 Å². The van der Waals surface area contributed by atoms with Crippen molar-refractivity contribution in [1.29, 1.82) is 0 Å². The molecule has 0 fully saturated rings. The number of aromatic amines is 1. The molecule has 23 nitrogen and oxygen atoms in total. The quantitative estimate of drug-likeness (QED) is 0.00607. The molecule has 1 aliphatic carbocycles. The van der Waals surface area contributed by atoms with Crippen LogP contribution in [0.3, 0.4) is 0 Å². The summed E-state index contributed by atoms with van der Waals surface area (Å²) < 4.78 is 108. The second kappa shape index (κ2) is 27.6. The van der Waals surface area contributed by atoms with Gasteiger partial charge in [0, 0.05) is 65.1 Å². The number of aliphatic carboxylic acids is 1. The molecule has 0 spiro atoms. The van der Waals surface area contributed by atoms with E-state index in [-0.39, 0.29) is 54.2 Å². The van der Waals surface area contributed by atoms with Crippen LogP contribution < -0.4 is 26.8 Å². The number of hydrogen-bond acceptors (Lipinski definition) is 16. The van der Waals surface area contributed by atoms with Gasteiger partial charge in [-0.05, 0) is 142 Å². The van der Waals surface area contributed by atoms with Gasteiger partial charge in [0.1, 0.15) is 24.1 Å². The second-order valence-corrected chi connectivity index (χ2v) is 27.8. The molecule has 0 saturated carbocycles. The maximum Gasteiger partial charge on any atom is 0.326 e. The number of carboxylic acid groups (broad SMARTS) is 1. The van der Waals surface area contributed by atoms with Crippen molar-refractivity contribution in [3.05, 3.63) is 194 Å². The molecular formula is C63H74N9O14S3+. The molecule has 0 radical (unpaired) electrons. The molecule has 9 N–H and O–H groups in total. The predicted molar refractivity (Wildman–Crippen MR) is 342 cm³/mol. The van der Waals surface area contributed by atoms with E-state index in [1.807, 2.05) is 49.6 Å². The molecule has 2 aromatic heterocycles. The Morgan fingerprint density at radius 2 is 1.64 bits per heavy atom. The number of carbonyl (C=O) groups is 2. The van der Waals surface area contributed by atoms with Crippen molar-refractivity contribution in [3.8, 4) is 0 Å². The SMILES string of the molecule is C=[14CH]/[13C](=[14CH]\[14CH]=[14CH]\OC1=C(/C=C/C2=[N+](CCCCS(=O)(=O)O)c3ccc(CS(=O)(=O)O)cc3C2(C)C)CCC/C1=C\C=C1\N(CCCCS(=O)(=O)O)c2ccc(C)cc2C1(C)C)[14CH2][14C@H](NC(=O)c1ccc(NCc2cnc3nc(N)[nH]c(=O)c3n2)cc1)[14C](=O)O. The minimum atomic E-state index is -4.37. The molecule has 472 valence electrons. The average Bonchev–Trinajstić information content (AvgIpc) is 1.65. The molecule has 0 bridgehead atoms. The summed E-state index contributed by atoms with van der Waals surface area (Å²) in [6.07, 6.45) is 18.7. The molecule has 0 saturated heterocycles. The average molecular weight is 1290 g/mol. The van der Waals surface area contributed by atoms with Gasteiger partial charge in [0.05, 0.1) is 41.6 Å². The van der Waals surface area contributed by atoms with Gasteiger partial charge in [0.15, 0.2) is 16.9 Å². The van der Waals surface area contributed by atoms with Gasteiger partial charge in [-0.3, -0.25) is 28.2 Å². The first-order chi connectivity index (χ1) is 41.9. The Kier molecular flexibility index (Phi) is 20.6. The molecule has 3 aromatic carbocycles. The third-order valence-corrected chi connectivity index (χ3v) is 18.1. The van der Waals surface area contributed by atoms with Crippen molar-refractivity contribution in [1.82, 2.24) is 25.3 Å². The fourth-order valence-corrected chi connectivity index (χ4v) is 13.0. The number of anilines is 3. The van der Waals surface area contributed by atoms with Gasteiger partial charge in [-0.25, -0.2) is 14.8 Å². The van der Waals surface area contributed by atoms with Crippen LogP contribution in [-0.4, -0.2) is 117 Å². The Labute approximate surface area is 517 Å². The predicted octanol–water partition coefficient (Wildman–Crippen LogP) is 8.83. The molecular weight excluding hydrogens is 1220 g/mol. The van der Waals surface area contributed by atoms with Crippen molar-refractivity contribution in [2.24, 2.45) is 0 Å². The van der Waals surface area contributed by atoms with E-state index < -0.39 is 76.2 Å². The zero-order chi connectivity index (χ0) is 64.6. The number of nitrogens with two attached hydrogens (primary N) is 1. The number of nitrogens with zero attached hydrogens (tertiary/aromatic N) is 5. The van der Waals surface area contributed by atoms with Crippen LogP contribution >= 0.6 is 0 Å². The van der Waals surface area contributed by atoms with E-state index >= 15 is 0 Å². The normalized spacial score (nSPS) is 17.3. The van der Waals surface area contributed by atoms with Gasteiger partial charge in [0.2, 0.25) is 11.6 Å². The van der Waals surface area contributed by atoms with Crippen molar-refractivity contribution in [2.45, 2.75) is 115 Å². The summed E-state index contributed by atoms with van der Waals surface area (Å²) in [6.45, 7) is 15.2. The lowest BCUT2D eigenvalue weighted by Gasteiger charge is -2.27. The van der Waals surface area contributed by atoms with E-state index in [4.69, 9.17) is 10.5 Å². The number of rotatable bonds is 27. The van der Waals surface area contributed by atoms with E-state index in [2.05, 4.69) is 74.1 Å². The molecule has 8 rings (SSSR count). The van der Waals surface area contributed by atoms with Gasteiger partial charge in [-0.15, -0.1) is 0 Å². The minimum absolute atomic E-state index is 0.0253. The number of nitrogen functional groups attached to an aromatic ring is 1. The zero-order valence-corrected chi connectivity index (χ0v) is 52.5. The van der Waals surface area contributed by atoms with Gasteiger partial charge < -0.3 is 31.1 Å². The summed E-state index contributed by atoms with van der Waals surface area (Å²) in [5.74, 6) is -2.86. The number of unbranched alkanes of at least 4 members (excludes halogenated alkanes) is 2. The zero-order valence-electron chi connectivity index (χ0n) is 50.1. The lowest BCUT2D eigenvalue weighted by atomic mass is 9.80. The van der Waals surface area contributed by atoms with Gasteiger partial charge in [0.25, 0.3) is 41.8 Å². The van der Waals surface area contributed by atoms with E-state index in [0.717, 1.165) is 57.0 Å². The summed E-state index contributed by atoms with van der Waals surface area (Å²) >= 11 is 0. The number of nitrogens with one attached hydrogen (secondary N) is 3. The Morgan fingerprint density at radius 3 is 2.33 bits per heavy atom. The Bertz CT molecular complexity index is 4240. The molecule has 0 unspecified atom stereocenters. The van der Waals surface area contributed by atoms with Gasteiger partial charge in [-0.2, -0.15) is 34.8 Å². The number of benzene rings is 3. The van der Waals surface area contributed by atoms with E-state index in [1.54, 1.807) is 42.5 Å². The van der Waals surface area contributed by atoms with Crippen LogP contribution in [0.25, 0.3) is 11.2 Å². The van der Waals surface area contributed by atoms with Crippen LogP contribution in [0, 0.1) is 6.92 Å². The molecule has 2 aliphatic heterocycles. The Morgan fingerprint density at radius 1 is 0.921 bits per heavy atom. The Balaban J connectivity index is 1.08. The smallest absolute Gasteiger partial charge is 0.326 e. The molecule has 1 amide bonds. The molecule has 89 heavy (non-hydrogen) atoms. The van der Waals surface area contributed by atoms with Crippen LogP contribution in [0.1, 0.15) is 117 Å². The maximum absolute atomic E-state index is 13.5. The number of carboxylic acids is 1. The van der Waals surface area contributed by atoms with Crippen molar-refractivity contribution >= 4 is 82.1 Å². The first-order valence-electron chi connectivity index (χ1n) is 28.8. The standard InChI is InChI=1S/C63H73N9O14S3/c1-7-41(36-50(60(75)76)68-58(73)45-19-23-46(24-20-45)65-37-47-38-66-57-55(67-47)59(74)70-61(64)69-57)14-13-31-86-56-43(21-27-53-62(3,4)48-34-40(2)17-25-51(48)71(53)29-8-10-32-87(77,78)79)15-12-16-44(56)22-28-54-63(5,6)49-35-42(39-89(83,84)85)18-26-52(49)72(54)30-9-11-33-88(80,81)82/h7,13-14,17-28,31,34-35,38,50H,1,8-12,15-16,29-30,32-33,36-37,39H2,2-6H3,(H8-,64,65,66,68,69,70,73,74,75,76,77,78,79,80,81,82,83,84,85)/p+1/b31-13+,41-14+/t50-/m0/s1/i7+2,13+2,14+2,31+2,36+2,41+1,50+2,60+2. The van der Waals surface area contributed by atoms with E-state index in [1.165, 1.54) is 30.7 Å². The summed E-state index contributed by atoms with van der Waals surface area (Å²) in [7, 11) is -12.7. The molecule has 5 aromatic rings. The maximum atomic E-state index is 13.5. The second-order valence-electron chi connectivity index (χ2n) is 23.2. The van der Waals surface area contributed by atoms with Crippen LogP contribution in [0.4, 0.5) is 23.0 Å². The van der Waals surface area contributed by atoms with Gasteiger partial charge in [-0.1, -0.05) is 62.4 Å². The number of allylic oxidation sites excluding steroid dienone is 10. The first kappa shape index (κ1) is 66.6. The first-order valence-corrected chi connectivity index (χ1v) is 33.6. The van der Waals surface area contributed by atoms with Crippen LogP contribution in [-0.2, 0) is 63.0 Å². The van der Waals surface area contributed by atoms with Crippen molar-refractivity contribution in [2.75, 3.05) is 40.5 Å². The number of amides is 1. The molecule has 3 aliphatic rings. The summed E-state index contributed by atoms with van der Waals surface area (Å²) in [5.41, 5.74) is 14.1. The third kappa shape index (κ3) is 17.1. The van der Waals surface area contributed by atoms with Gasteiger partial charge >= 0.3 is 5.97 Å². The summed E-state index contributed by atoms with van der Waals surface area (Å²) in [6, 6.07) is 16.3. The number of aryl methyl sites for hydroxylation is 1. The lowest BCUT2D eigenvalue weighted by molar-refractivity contribution is -0.438. The third-order valence-electron chi connectivity index (χ3n) is 15.8. The highest BCUT2D eigenvalue weighted by atomic mass is 32.2. The largest absolute Gasteiger partial charge is 0.480 e. The molecule has 26 heteroatoms. The molecule has 4 heterocycles. The molecule has 1 atom stereocenters. The lowest BCUT2D eigenvalue weighted by Crippen LogP contribution is -2.41. The van der Waals surface area contributed by atoms with Crippen LogP contribution in [0.2, 0.25) is 0 Å². The van der Waals surface area contributed by atoms with Crippen LogP contribution in [0.15, 0.2) is 155 Å². The number of H-pyrrole nitrogens is 1. The number of fused-ring (bicyclic) bond motifs is 3. The minimum Gasteiger partial charge on any atom is -0.480 e. The van der Waals surface area contributed by atoms with E-state index in [9.17, 15) is 58.4 Å². The Hall–Kier alpha value is -8.40. The highest BCUT2D eigenvalue weighted by Crippen LogP contribution is 2.49. The number of carbonyl (C=O) groups excluding carboxylic acids is 1. The number of hydrogen-bond donors (Lipinski definition) is 8. The highest BCUT2D eigenvalue weighted by molar-refractivity contribution is 7.86.